The summed E-state index contributed by atoms with van der Waals surface area (Å²) in [6, 6.07) is 26.4. The minimum absolute atomic E-state index is 0. The lowest BCUT2D eigenvalue weighted by Gasteiger charge is -2.36. The minimum Gasteiger partial charge on any atom is -0.508 e. The normalized spacial score (nSPS) is 20.8. The molecule has 93 heavy (non-hydrogen) atoms. The van der Waals surface area contributed by atoms with Crippen LogP contribution in [0, 0.1) is 47.3 Å². The number of phenols is 1. The Labute approximate surface area is 563 Å². The Morgan fingerprint density at radius 1 is 0.387 bits per heavy atom. The summed E-state index contributed by atoms with van der Waals surface area (Å²) in [6.45, 7) is 25.2. The first-order valence-corrected chi connectivity index (χ1v) is 41.7. The van der Waals surface area contributed by atoms with Gasteiger partial charge in [0.2, 0.25) is 0 Å². The standard InChI is InChI=1S/C42H58O8Si2.C14H22O4.C14H20O3Si.5CH4/c1-7-39(43)47-27-9-29-51(3,4)37-23-19-35(20-24-37)49-41(45)33-15-11-31(12-16-33)32-13-17-34(18-14-32)42(46)50-36-21-25-38(26-22-36)52(5,6)30-10-28-48-40(44)8-2;15-13(16)11-5-1-9(2-6-11)10-3-7-12(8-4-10)14(17)18;1-4-14(16)17-10-5-11-18(2,3)13-8-6-12(15)7-9-13;;;;;/h7-8,19-26,31-34H,1-2,9-18,27-30H2,3-6H3;9-12H,1-8H2,(H,15,16)(H,17,18);4,6-9,15H,1,5,10-11H2,2-3H3;5*1H4. The summed E-state index contributed by atoms with van der Waals surface area (Å²) in [5.41, 5.74) is 0. The molecule has 4 saturated carbocycles. The summed E-state index contributed by atoms with van der Waals surface area (Å²) >= 11 is 0. The molecule has 3 aromatic carbocycles. The zero-order valence-electron chi connectivity index (χ0n) is 53.3. The van der Waals surface area contributed by atoms with Gasteiger partial charge in [-0.25, -0.2) is 14.4 Å². The fourth-order valence-electron chi connectivity index (χ4n) is 13.3. The zero-order valence-corrected chi connectivity index (χ0v) is 56.3. The van der Waals surface area contributed by atoms with Crippen LogP contribution in [0.4, 0.5) is 0 Å². The summed E-state index contributed by atoms with van der Waals surface area (Å²) in [4.78, 5) is 81.4. The lowest BCUT2D eigenvalue weighted by Crippen LogP contribution is -2.41. The van der Waals surface area contributed by atoms with Crippen molar-refractivity contribution in [1.82, 2.24) is 0 Å². The molecule has 0 atom stereocenters. The predicted octanol–water partition coefficient (Wildman–Crippen LogP) is 16.3. The maximum absolute atomic E-state index is 13.1. The van der Waals surface area contributed by atoms with Crippen LogP contribution in [-0.4, -0.2) is 101 Å². The molecule has 15 nitrogen and oxygen atoms in total. The molecule has 0 spiro atoms. The van der Waals surface area contributed by atoms with Crippen molar-refractivity contribution in [2.75, 3.05) is 19.8 Å². The number of carbonyl (C=O) groups is 7. The van der Waals surface area contributed by atoms with Crippen LogP contribution in [0.3, 0.4) is 0 Å². The van der Waals surface area contributed by atoms with E-state index in [0.29, 0.717) is 60.7 Å². The van der Waals surface area contributed by atoms with Gasteiger partial charge in [0.1, 0.15) is 17.2 Å². The highest BCUT2D eigenvalue weighted by atomic mass is 28.3. The van der Waals surface area contributed by atoms with Crippen LogP contribution in [0.15, 0.2) is 111 Å². The average molecular weight is 1350 g/mol. The number of hydrogen-bond donors (Lipinski definition) is 3. The molecule has 7 rings (SSSR count). The van der Waals surface area contributed by atoms with E-state index in [0.717, 1.165) is 140 Å². The summed E-state index contributed by atoms with van der Waals surface area (Å²) in [7, 11) is -4.95. The number of carboxylic acids is 2. The highest BCUT2D eigenvalue weighted by molar-refractivity contribution is 6.90. The maximum atomic E-state index is 13.1. The molecule has 0 unspecified atom stereocenters. The number of phenolic OH excluding ortho intramolecular Hbond substituents is 1. The van der Waals surface area contributed by atoms with E-state index < -0.39 is 36.2 Å². The van der Waals surface area contributed by atoms with Crippen molar-refractivity contribution in [2.45, 2.75) is 217 Å². The van der Waals surface area contributed by atoms with Crippen LogP contribution >= 0.6 is 0 Å². The van der Waals surface area contributed by atoms with E-state index in [4.69, 9.17) is 33.9 Å². The van der Waals surface area contributed by atoms with Crippen LogP contribution in [0.25, 0.3) is 0 Å². The van der Waals surface area contributed by atoms with Crippen LogP contribution in [-0.2, 0) is 47.8 Å². The van der Waals surface area contributed by atoms with Crippen molar-refractivity contribution in [1.29, 1.82) is 0 Å². The molecule has 3 aromatic rings. The van der Waals surface area contributed by atoms with E-state index in [1.54, 1.807) is 12.1 Å². The molecule has 0 radical (unpaired) electrons. The highest BCUT2D eigenvalue weighted by Crippen LogP contribution is 2.43. The quantitative estimate of drug-likeness (QED) is 0.0170. The first-order valence-electron chi connectivity index (χ1n) is 32.1. The number of carboxylic acid groups (broad SMARTS) is 2. The molecule has 0 bridgehead atoms. The summed E-state index contributed by atoms with van der Waals surface area (Å²) in [5.74, 6) is 0.774. The molecule has 3 N–H and O–H groups in total. The Hall–Kier alpha value is -6.38. The molecular weight excluding hydrogens is 1230 g/mol. The second-order valence-electron chi connectivity index (χ2n) is 26.6. The first-order chi connectivity index (χ1) is 41.8. The largest absolute Gasteiger partial charge is 0.508 e. The number of hydrogen-bond acceptors (Lipinski definition) is 13. The van der Waals surface area contributed by atoms with Gasteiger partial charge in [0.15, 0.2) is 0 Å². The summed E-state index contributed by atoms with van der Waals surface area (Å²) < 4.78 is 26.9. The Balaban J connectivity index is 0.00000169. The third kappa shape index (κ3) is 29.0. The smallest absolute Gasteiger partial charge is 0.330 e. The molecule has 522 valence electrons. The van der Waals surface area contributed by atoms with Gasteiger partial charge in [0.25, 0.3) is 0 Å². The van der Waals surface area contributed by atoms with Crippen LogP contribution in [0.1, 0.15) is 159 Å². The van der Waals surface area contributed by atoms with Gasteiger partial charge in [-0.2, -0.15) is 0 Å². The third-order valence-corrected chi connectivity index (χ3v) is 29.7. The molecule has 0 heterocycles. The Morgan fingerprint density at radius 3 is 0.839 bits per heavy atom. The van der Waals surface area contributed by atoms with Gasteiger partial charge in [-0.1, -0.05) is 166 Å². The van der Waals surface area contributed by atoms with Crippen LogP contribution in [0.2, 0.25) is 57.4 Å². The molecule has 0 amide bonds. The second-order valence-corrected chi connectivity index (χ2v) is 41.2. The number of benzene rings is 3. The molecule has 4 aliphatic rings. The van der Waals surface area contributed by atoms with Crippen molar-refractivity contribution >= 4 is 81.6 Å². The Kier molecular flexibility index (Phi) is 39.9. The first kappa shape index (κ1) is 86.6. The maximum Gasteiger partial charge on any atom is 0.330 e. The van der Waals surface area contributed by atoms with Crippen LogP contribution < -0.4 is 25.0 Å². The third-order valence-electron chi connectivity index (χ3n) is 19.2. The van der Waals surface area contributed by atoms with Gasteiger partial charge < -0.3 is 39.0 Å². The topological polar surface area (TPSA) is 226 Å². The fraction of sp³-hybridized carbons (Fsp3) is 0.587. The molecule has 4 aliphatic carbocycles. The number of esters is 5. The summed E-state index contributed by atoms with van der Waals surface area (Å²) in [6.07, 6.45) is 20.8. The number of carbonyl (C=O) groups excluding carboxylic acids is 5. The Bertz CT molecular complexity index is 2600. The minimum atomic E-state index is -1.72. The van der Waals surface area contributed by atoms with Gasteiger partial charge >= 0.3 is 41.8 Å². The molecular formula is C75H120O15Si3. The predicted molar refractivity (Wildman–Crippen MR) is 386 cm³/mol. The lowest BCUT2D eigenvalue weighted by molar-refractivity contribution is -0.145. The van der Waals surface area contributed by atoms with Crippen molar-refractivity contribution in [3.05, 3.63) is 111 Å². The molecule has 0 saturated heterocycles. The van der Waals surface area contributed by atoms with Crippen molar-refractivity contribution in [2.24, 2.45) is 47.3 Å². The summed E-state index contributed by atoms with van der Waals surface area (Å²) in [5, 5.41) is 31.1. The van der Waals surface area contributed by atoms with Crippen LogP contribution in [0.5, 0.6) is 17.2 Å². The van der Waals surface area contributed by atoms with Crippen molar-refractivity contribution in [3.63, 3.8) is 0 Å². The lowest BCUT2D eigenvalue weighted by atomic mass is 9.69. The van der Waals surface area contributed by atoms with Crippen molar-refractivity contribution < 1.29 is 72.6 Å². The van der Waals surface area contributed by atoms with E-state index in [1.165, 1.54) is 33.8 Å². The van der Waals surface area contributed by atoms with Gasteiger partial charge in [-0.3, -0.25) is 19.2 Å². The SMILES string of the molecule is C.C.C.C.C.C=CC(=O)OCCC[Si](C)(C)c1ccc(O)cc1.C=CC(=O)OCCC[Si](C)(C)c1ccc(OC(=O)C2CCC(C3CCC(C(=O)Oc4ccc([Si](C)(C)CCCOC(=O)C=C)cc4)CC3)CC2)cc1.O=C(O)C1CCC(C2CCC(C(=O)O)CC2)CC1. The van der Waals surface area contributed by atoms with Gasteiger partial charge in [-0.05, 0) is 182 Å². The second kappa shape index (κ2) is 42.8. The van der Waals surface area contributed by atoms with E-state index >= 15 is 0 Å². The molecule has 4 fully saturated rings. The Morgan fingerprint density at radius 2 is 0.613 bits per heavy atom. The zero-order chi connectivity index (χ0) is 64.4. The fourth-order valence-corrected chi connectivity index (χ4v) is 20.4. The highest BCUT2D eigenvalue weighted by Gasteiger charge is 2.37. The monoisotopic (exact) mass is 1340 g/mol. The molecule has 0 aliphatic heterocycles. The van der Waals surface area contributed by atoms with Gasteiger partial charge in [-0.15, -0.1) is 0 Å². The average Bonchev–Trinajstić information content (AvgIpc) is 0.898. The van der Waals surface area contributed by atoms with E-state index in [1.807, 2.05) is 36.4 Å². The molecule has 18 heteroatoms. The van der Waals surface area contributed by atoms with Gasteiger partial charge in [0.05, 0.1) is 67.7 Å². The molecule has 0 aromatic heterocycles. The van der Waals surface area contributed by atoms with E-state index in [9.17, 15) is 38.7 Å². The van der Waals surface area contributed by atoms with E-state index in [-0.39, 0.29) is 90.7 Å². The van der Waals surface area contributed by atoms with E-state index in [2.05, 4.69) is 83.3 Å². The van der Waals surface area contributed by atoms with Gasteiger partial charge in [0, 0.05) is 18.2 Å². The number of ether oxygens (including phenoxy) is 5. The number of aromatic hydroxyl groups is 1. The number of aliphatic carboxylic acids is 2. The van der Waals surface area contributed by atoms with Crippen molar-refractivity contribution in [3.8, 4) is 17.2 Å². The number of rotatable bonds is 26.